The highest BCUT2D eigenvalue weighted by Crippen LogP contribution is 2.16. The van der Waals surface area contributed by atoms with Gasteiger partial charge in [-0.2, -0.15) is 5.26 Å². The summed E-state index contributed by atoms with van der Waals surface area (Å²) in [7, 11) is 0. The van der Waals surface area contributed by atoms with Gasteiger partial charge in [-0.25, -0.2) is 0 Å². The summed E-state index contributed by atoms with van der Waals surface area (Å²) >= 11 is 0. The van der Waals surface area contributed by atoms with Crippen molar-refractivity contribution >= 4 is 5.91 Å². The number of carbonyl (C=O) groups excluding carboxylic acids is 1. The van der Waals surface area contributed by atoms with E-state index >= 15 is 0 Å². The molecule has 0 saturated carbocycles. The normalized spacial score (nSPS) is 16.6. The first-order valence-electron chi connectivity index (χ1n) is 7.90. The van der Waals surface area contributed by atoms with E-state index in [2.05, 4.69) is 4.90 Å². The van der Waals surface area contributed by atoms with Gasteiger partial charge in [-0.3, -0.25) is 9.69 Å². The van der Waals surface area contributed by atoms with E-state index in [9.17, 15) is 9.90 Å². The van der Waals surface area contributed by atoms with E-state index < -0.39 is 6.10 Å². The van der Waals surface area contributed by atoms with Crippen molar-refractivity contribution in [1.82, 2.24) is 9.80 Å². The Morgan fingerprint density at radius 3 is 2.50 bits per heavy atom. The second kappa shape index (κ2) is 7.30. The van der Waals surface area contributed by atoms with Gasteiger partial charge < -0.3 is 14.4 Å². The van der Waals surface area contributed by atoms with Gasteiger partial charge in [0.1, 0.15) is 11.9 Å². The molecule has 1 N–H and O–H groups in total. The van der Waals surface area contributed by atoms with Crippen molar-refractivity contribution in [2.45, 2.75) is 6.10 Å². The Bertz CT molecular complexity index is 711. The zero-order valence-corrected chi connectivity index (χ0v) is 13.3. The van der Waals surface area contributed by atoms with Crippen LogP contribution in [0.25, 0.3) is 0 Å². The summed E-state index contributed by atoms with van der Waals surface area (Å²) in [6.45, 7) is 3.14. The molecule has 24 heavy (non-hydrogen) atoms. The van der Waals surface area contributed by atoms with Crippen LogP contribution in [0, 0.1) is 11.3 Å². The minimum absolute atomic E-state index is 0.0225. The maximum absolute atomic E-state index is 12.5. The average molecular weight is 325 g/mol. The Balaban J connectivity index is 1.52. The van der Waals surface area contributed by atoms with Gasteiger partial charge in [0, 0.05) is 38.3 Å². The average Bonchev–Trinajstić information content (AvgIpc) is 3.17. The highest BCUT2D eigenvalue weighted by molar-refractivity contribution is 5.94. The molecule has 0 aliphatic carbocycles. The number of nitriles is 1. The van der Waals surface area contributed by atoms with E-state index in [1.54, 1.807) is 47.6 Å². The zero-order valence-electron chi connectivity index (χ0n) is 13.3. The number of carbonyl (C=O) groups is 1. The molecule has 1 aliphatic heterocycles. The molecule has 1 atom stereocenters. The van der Waals surface area contributed by atoms with Crippen LogP contribution in [0.3, 0.4) is 0 Å². The number of rotatable bonds is 4. The van der Waals surface area contributed by atoms with Crippen LogP contribution in [0.4, 0.5) is 0 Å². The molecular weight excluding hydrogens is 306 g/mol. The number of benzene rings is 1. The fourth-order valence-corrected chi connectivity index (χ4v) is 2.82. The van der Waals surface area contributed by atoms with E-state index in [1.807, 2.05) is 6.07 Å². The van der Waals surface area contributed by atoms with Crippen molar-refractivity contribution in [3.05, 3.63) is 59.5 Å². The Labute approximate surface area is 140 Å². The van der Waals surface area contributed by atoms with E-state index in [-0.39, 0.29) is 5.91 Å². The summed E-state index contributed by atoms with van der Waals surface area (Å²) in [5.41, 5.74) is 1.14. The summed E-state index contributed by atoms with van der Waals surface area (Å²) in [6.07, 6.45) is 0.896. The van der Waals surface area contributed by atoms with Crippen LogP contribution in [-0.4, -0.2) is 53.5 Å². The molecule has 124 valence electrons. The lowest BCUT2D eigenvalue weighted by Crippen LogP contribution is -2.49. The van der Waals surface area contributed by atoms with E-state index in [1.165, 1.54) is 0 Å². The Morgan fingerprint density at radius 1 is 1.21 bits per heavy atom. The molecule has 1 aromatic heterocycles. The topological polar surface area (TPSA) is 80.7 Å². The van der Waals surface area contributed by atoms with Gasteiger partial charge in [0.15, 0.2) is 0 Å². The summed E-state index contributed by atoms with van der Waals surface area (Å²) in [5, 5.41) is 18.9. The summed E-state index contributed by atoms with van der Waals surface area (Å²) in [6, 6.07) is 12.2. The minimum atomic E-state index is -0.652. The summed E-state index contributed by atoms with van der Waals surface area (Å²) in [5.74, 6) is 0.539. The number of amides is 1. The third-order valence-electron chi connectivity index (χ3n) is 4.22. The highest BCUT2D eigenvalue weighted by atomic mass is 16.4. The smallest absolute Gasteiger partial charge is 0.253 e. The number of aliphatic hydroxyl groups excluding tert-OH is 1. The van der Waals surface area contributed by atoms with Crippen LogP contribution < -0.4 is 0 Å². The van der Waals surface area contributed by atoms with Gasteiger partial charge in [0.05, 0.1) is 17.9 Å². The molecule has 1 saturated heterocycles. The Morgan fingerprint density at radius 2 is 1.92 bits per heavy atom. The van der Waals surface area contributed by atoms with Crippen molar-refractivity contribution in [3.63, 3.8) is 0 Å². The van der Waals surface area contributed by atoms with Crippen LogP contribution in [0.1, 0.15) is 27.8 Å². The van der Waals surface area contributed by atoms with E-state index in [0.717, 1.165) is 0 Å². The summed E-state index contributed by atoms with van der Waals surface area (Å²) < 4.78 is 5.21. The zero-order chi connectivity index (χ0) is 16.9. The number of piperazine rings is 1. The van der Waals surface area contributed by atoms with Crippen molar-refractivity contribution in [2.75, 3.05) is 32.7 Å². The lowest BCUT2D eigenvalue weighted by Gasteiger charge is -2.35. The minimum Gasteiger partial charge on any atom is -0.467 e. The van der Waals surface area contributed by atoms with Crippen molar-refractivity contribution in [3.8, 4) is 6.07 Å². The lowest BCUT2D eigenvalue weighted by atomic mass is 10.1. The molecular formula is C18H19N3O3. The van der Waals surface area contributed by atoms with Crippen molar-refractivity contribution < 1.29 is 14.3 Å². The third-order valence-corrected chi connectivity index (χ3v) is 4.22. The molecule has 1 aromatic carbocycles. The van der Waals surface area contributed by atoms with Gasteiger partial charge >= 0.3 is 0 Å². The number of aliphatic hydroxyl groups is 1. The first-order valence-corrected chi connectivity index (χ1v) is 7.90. The molecule has 1 fully saturated rings. The molecule has 2 heterocycles. The van der Waals surface area contributed by atoms with Crippen LogP contribution >= 0.6 is 0 Å². The first kappa shape index (κ1) is 16.2. The highest BCUT2D eigenvalue weighted by Gasteiger charge is 2.24. The number of furan rings is 1. The number of hydrogen-bond donors (Lipinski definition) is 1. The van der Waals surface area contributed by atoms with Crippen LogP contribution in [0.2, 0.25) is 0 Å². The van der Waals surface area contributed by atoms with E-state index in [0.29, 0.717) is 49.6 Å². The fourth-order valence-electron chi connectivity index (χ4n) is 2.82. The lowest BCUT2D eigenvalue weighted by molar-refractivity contribution is 0.0486. The molecule has 2 aromatic rings. The van der Waals surface area contributed by atoms with Crippen LogP contribution in [-0.2, 0) is 0 Å². The van der Waals surface area contributed by atoms with Gasteiger partial charge in [-0.15, -0.1) is 0 Å². The van der Waals surface area contributed by atoms with Crippen LogP contribution in [0.5, 0.6) is 0 Å². The third kappa shape index (κ3) is 3.65. The fraction of sp³-hybridized carbons (Fsp3) is 0.333. The molecule has 0 bridgehead atoms. The molecule has 0 radical (unpaired) electrons. The van der Waals surface area contributed by atoms with Gasteiger partial charge in [-0.1, -0.05) is 0 Å². The second-order valence-electron chi connectivity index (χ2n) is 5.81. The Hall–Kier alpha value is -2.62. The van der Waals surface area contributed by atoms with Gasteiger partial charge in [0.25, 0.3) is 5.91 Å². The largest absolute Gasteiger partial charge is 0.467 e. The maximum atomic E-state index is 12.5. The summed E-state index contributed by atoms with van der Waals surface area (Å²) in [4.78, 5) is 16.4. The first-order chi connectivity index (χ1) is 11.7. The molecule has 6 nitrogen and oxygen atoms in total. The van der Waals surface area contributed by atoms with Crippen LogP contribution in [0.15, 0.2) is 47.1 Å². The monoisotopic (exact) mass is 325 g/mol. The SMILES string of the molecule is N#Cc1ccc(C(=O)N2CCN(C[C@H](O)c3ccco3)CC2)cc1. The van der Waals surface area contributed by atoms with Gasteiger partial charge in [0.2, 0.25) is 0 Å². The maximum Gasteiger partial charge on any atom is 0.253 e. The Kier molecular flexibility index (Phi) is 4.94. The second-order valence-corrected chi connectivity index (χ2v) is 5.81. The van der Waals surface area contributed by atoms with Crippen molar-refractivity contribution in [2.24, 2.45) is 0 Å². The standard InChI is InChI=1S/C18H19N3O3/c19-12-14-3-5-15(6-4-14)18(23)21-9-7-20(8-10-21)13-16(22)17-2-1-11-24-17/h1-6,11,16,22H,7-10,13H2/t16-/m0/s1. The number of nitrogens with zero attached hydrogens (tertiary/aromatic N) is 3. The quantitative estimate of drug-likeness (QED) is 0.924. The predicted octanol–water partition coefficient (Wildman–Crippen LogP) is 1.64. The molecule has 6 heteroatoms. The molecule has 1 aliphatic rings. The molecule has 1 amide bonds. The molecule has 3 rings (SSSR count). The number of β-amino-alcohol motifs (C(OH)–C–C–N with tert-alkyl or cyclic N) is 1. The molecule has 0 spiro atoms. The van der Waals surface area contributed by atoms with Gasteiger partial charge in [-0.05, 0) is 36.4 Å². The van der Waals surface area contributed by atoms with E-state index in [4.69, 9.17) is 9.68 Å². The van der Waals surface area contributed by atoms with Crippen molar-refractivity contribution in [1.29, 1.82) is 5.26 Å². The number of hydrogen-bond acceptors (Lipinski definition) is 5. The predicted molar refractivity (Wildman–Crippen MR) is 87.2 cm³/mol. The molecule has 0 unspecified atom stereocenters.